The van der Waals surface area contributed by atoms with Gasteiger partial charge in [0.25, 0.3) is 6.43 Å². The molecule has 1 rings (SSSR count). The second-order valence-electron chi connectivity index (χ2n) is 4.49. The molecule has 0 aliphatic heterocycles. The van der Waals surface area contributed by atoms with Gasteiger partial charge in [0.15, 0.2) is 0 Å². The summed E-state index contributed by atoms with van der Waals surface area (Å²) in [6.45, 7) is 5.88. The molecule has 0 amide bonds. The van der Waals surface area contributed by atoms with Gasteiger partial charge in [0.2, 0.25) is 0 Å². The predicted molar refractivity (Wildman–Crippen MR) is 66.3 cm³/mol. The van der Waals surface area contributed by atoms with E-state index in [1.807, 2.05) is 20.8 Å². The first-order valence-electron chi connectivity index (χ1n) is 5.09. The SMILES string of the molecule is CC(C)(C)S/N=C/c1cccc(C(F)F)c1F. The van der Waals surface area contributed by atoms with E-state index < -0.39 is 17.8 Å². The van der Waals surface area contributed by atoms with Crippen LogP contribution in [0.2, 0.25) is 0 Å². The summed E-state index contributed by atoms with van der Waals surface area (Å²) in [5, 5.41) is 0. The maximum atomic E-state index is 13.6. The van der Waals surface area contributed by atoms with Crippen molar-refractivity contribution in [1.29, 1.82) is 0 Å². The summed E-state index contributed by atoms with van der Waals surface area (Å²) >= 11 is 1.27. The first-order chi connectivity index (χ1) is 7.81. The van der Waals surface area contributed by atoms with E-state index in [1.54, 1.807) is 0 Å². The minimum absolute atomic E-state index is 0.0829. The Morgan fingerprint density at radius 3 is 2.47 bits per heavy atom. The molecule has 1 aromatic rings. The molecule has 0 spiro atoms. The first-order valence-corrected chi connectivity index (χ1v) is 5.87. The highest BCUT2D eigenvalue weighted by atomic mass is 32.2. The molecule has 0 aliphatic rings. The third kappa shape index (κ3) is 4.42. The van der Waals surface area contributed by atoms with E-state index in [-0.39, 0.29) is 10.3 Å². The molecule has 0 unspecified atom stereocenters. The van der Waals surface area contributed by atoms with Crippen LogP contribution in [-0.2, 0) is 0 Å². The fourth-order valence-corrected chi connectivity index (χ4v) is 1.56. The van der Waals surface area contributed by atoms with Crippen molar-refractivity contribution in [3.63, 3.8) is 0 Å². The van der Waals surface area contributed by atoms with Gasteiger partial charge in [0.05, 0.1) is 5.56 Å². The van der Waals surface area contributed by atoms with Crippen LogP contribution in [0.1, 0.15) is 38.3 Å². The fourth-order valence-electron chi connectivity index (χ4n) is 1.08. The number of rotatable bonds is 3. The van der Waals surface area contributed by atoms with E-state index >= 15 is 0 Å². The Hall–Kier alpha value is -0.970. The molecule has 5 heteroatoms. The van der Waals surface area contributed by atoms with Gasteiger partial charge in [-0.25, -0.2) is 17.6 Å². The number of benzene rings is 1. The van der Waals surface area contributed by atoms with Gasteiger partial charge in [-0.2, -0.15) is 0 Å². The molecule has 0 saturated heterocycles. The lowest BCUT2D eigenvalue weighted by atomic mass is 10.1. The van der Waals surface area contributed by atoms with Crippen LogP contribution in [0.25, 0.3) is 0 Å². The van der Waals surface area contributed by atoms with E-state index in [9.17, 15) is 13.2 Å². The minimum Gasteiger partial charge on any atom is -0.223 e. The summed E-state index contributed by atoms with van der Waals surface area (Å²) in [7, 11) is 0. The molecule has 0 N–H and O–H groups in total. The van der Waals surface area contributed by atoms with Crippen LogP contribution in [-0.4, -0.2) is 11.0 Å². The third-order valence-electron chi connectivity index (χ3n) is 1.81. The zero-order valence-electron chi connectivity index (χ0n) is 9.88. The lowest BCUT2D eigenvalue weighted by molar-refractivity contribution is 0.146. The first kappa shape index (κ1) is 14.1. The Balaban J connectivity index is 2.89. The van der Waals surface area contributed by atoms with Crippen LogP contribution in [0.4, 0.5) is 13.2 Å². The summed E-state index contributed by atoms with van der Waals surface area (Å²) in [5.41, 5.74) is -0.505. The number of hydrogen-bond acceptors (Lipinski definition) is 2. The smallest absolute Gasteiger partial charge is 0.223 e. The summed E-state index contributed by atoms with van der Waals surface area (Å²) < 4.78 is 42.3. The van der Waals surface area contributed by atoms with Crippen molar-refractivity contribution < 1.29 is 13.2 Å². The molecule has 1 nitrogen and oxygen atoms in total. The second kappa shape index (κ2) is 5.58. The highest BCUT2D eigenvalue weighted by Crippen LogP contribution is 2.26. The molecule has 0 fully saturated rings. The van der Waals surface area contributed by atoms with Crippen molar-refractivity contribution in [2.45, 2.75) is 31.9 Å². The topological polar surface area (TPSA) is 12.4 Å². The van der Waals surface area contributed by atoms with Crippen molar-refractivity contribution in [2.24, 2.45) is 4.40 Å². The van der Waals surface area contributed by atoms with E-state index in [0.29, 0.717) is 0 Å². The van der Waals surface area contributed by atoms with Gasteiger partial charge in [0, 0.05) is 16.5 Å². The van der Waals surface area contributed by atoms with Crippen LogP contribution >= 0.6 is 11.9 Å². The van der Waals surface area contributed by atoms with Gasteiger partial charge >= 0.3 is 0 Å². The van der Waals surface area contributed by atoms with Gasteiger partial charge in [-0.05, 0) is 32.7 Å². The molecule has 1 aromatic carbocycles. The lowest BCUT2D eigenvalue weighted by Crippen LogP contribution is -2.05. The second-order valence-corrected chi connectivity index (χ2v) is 6.11. The Kier molecular flexibility index (Phi) is 4.62. The molecule has 0 bridgehead atoms. The van der Waals surface area contributed by atoms with Crippen molar-refractivity contribution in [2.75, 3.05) is 0 Å². The van der Waals surface area contributed by atoms with Crippen LogP contribution in [0.5, 0.6) is 0 Å². The zero-order valence-corrected chi connectivity index (χ0v) is 10.7. The normalized spacial score (nSPS) is 12.6. The lowest BCUT2D eigenvalue weighted by Gasteiger charge is -2.12. The highest BCUT2D eigenvalue weighted by Gasteiger charge is 2.15. The summed E-state index contributed by atoms with van der Waals surface area (Å²) in [6.07, 6.45) is -1.53. The molecule has 0 aromatic heterocycles. The van der Waals surface area contributed by atoms with Crippen LogP contribution in [0, 0.1) is 5.82 Å². The summed E-state index contributed by atoms with van der Waals surface area (Å²) in [4.78, 5) is 0. The highest BCUT2D eigenvalue weighted by molar-refractivity contribution is 7.99. The zero-order chi connectivity index (χ0) is 13.1. The van der Waals surface area contributed by atoms with E-state index in [0.717, 1.165) is 6.07 Å². The minimum atomic E-state index is -2.81. The molecular weight excluding hydrogens is 247 g/mol. The molecule has 0 radical (unpaired) electrons. The van der Waals surface area contributed by atoms with E-state index in [4.69, 9.17) is 0 Å². The number of nitrogens with zero attached hydrogens (tertiary/aromatic N) is 1. The van der Waals surface area contributed by atoms with Gasteiger partial charge in [-0.1, -0.05) is 18.2 Å². The monoisotopic (exact) mass is 261 g/mol. The summed E-state index contributed by atoms with van der Waals surface area (Å²) in [5.74, 6) is -0.902. The van der Waals surface area contributed by atoms with Gasteiger partial charge in [-0.15, -0.1) is 0 Å². The van der Waals surface area contributed by atoms with Crippen LogP contribution in [0.3, 0.4) is 0 Å². The van der Waals surface area contributed by atoms with Gasteiger partial charge in [-0.3, -0.25) is 0 Å². The Labute approximate surface area is 103 Å². The number of halogens is 3. The molecular formula is C12H14F3NS. The number of hydrogen-bond donors (Lipinski definition) is 0. The Morgan fingerprint density at radius 2 is 1.94 bits per heavy atom. The van der Waals surface area contributed by atoms with Crippen molar-refractivity contribution >= 4 is 18.2 Å². The Morgan fingerprint density at radius 1 is 1.29 bits per heavy atom. The van der Waals surface area contributed by atoms with Crippen molar-refractivity contribution in [1.82, 2.24) is 0 Å². The predicted octanol–water partition coefficient (Wildman–Crippen LogP) is 4.63. The van der Waals surface area contributed by atoms with Crippen molar-refractivity contribution in [3.05, 3.63) is 35.1 Å². The molecule has 17 heavy (non-hydrogen) atoms. The fraction of sp³-hybridized carbons (Fsp3) is 0.417. The number of alkyl halides is 2. The van der Waals surface area contributed by atoms with Crippen LogP contribution < -0.4 is 0 Å². The van der Waals surface area contributed by atoms with Gasteiger partial charge < -0.3 is 0 Å². The van der Waals surface area contributed by atoms with Gasteiger partial charge in [0.1, 0.15) is 5.82 Å². The summed E-state index contributed by atoms with van der Waals surface area (Å²) in [6, 6.07) is 3.90. The average molecular weight is 261 g/mol. The third-order valence-corrected chi connectivity index (χ3v) is 2.57. The maximum absolute atomic E-state index is 13.6. The average Bonchev–Trinajstić information content (AvgIpc) is 2.18. The standard InChI is InChI=1S/C12H14F3NS/c1-12(2,3)17-16-7-8-5-4-6-9(10(8)13)11(14)15/h4-7,11H,1-3H3/b16-7+. The maximum Gasteiger partial charge on any atom is 0.266 e. The molecule has 0 aliphatic carbocycles. The molecule has 94 valence electrons. The Bertz CT molecular complexity index is 411. The molecule has 0 atom stereocenters. The molecule has 0 heterocycles. The van der Waals surface area contributed by atoms with Crippen molar-refractivity contribution in [3.8, 4) is 0 Å². The van der Waals surface area contributed by atoms with Crippen LogP contribution in [0.15, 0.2) is 22.6 Å². The molecule has 0 saturated carbocycles. The quantitative estimate of drug-likeness (QED) is 0.571. The largest absolute Gasteiger partial charge is 0.266 e. The van der Waals surface area contributed by atoms with E-state index in [2.05, 4.69) is 4.40 Å². The van der Waals surface area contributed by atoms with E-state index in [1.165, 1.54) is 30.3 Å².